The van der Waals surface area contributed by atoms with Gasteiger partial charge in [0.2, 0.25) is 5.76 Å². The fourth-order valence-electron chi connectivity index (χ4n) is 4.13. The molecule has 0 spiro atoms. The average Bonchev–Trinajstić information content (AvgIpc) is 3.35. The van der Waals surface area contributed by atoms with Gasteiger partial charge in [0.25, 0.3) is 12.0 Å². The van der Waals surface area contributed by atoms with Crippen LogP contribution in [0.5, 0.6) is 0 Å². The predicted octanol–water partition coefficient (Wildman–Crippen LogP) is 0.919. The Morgan fingerprint density at radius 2 is 1.77 bits per heavy atom. The molecule has 2 aliphatic heterocycles. The second-order valence-corrected chi connectivity index (χ2v) is 8.85. The molecule has 0 amide bonds. The highest BCUT2D eigenvalue weighted by Gasteiger charge is 2.49. The molecule has 0 radical (unpaired) electrons. The van der Waals surface area contributed by atoms with Crippen LogP contribution in [0.25, 0.3) is 0 Å². The van der Waals surface area contributed by atoms with E-state index in [0.717, 1.165) is 19.4 Å². The number of carbonyl (C=O) groups is 5. The van der Waals surface area contributed by atoms with Crippen molar-refractivity contribution in [3.63, 3.8) is 0 Å². The van der Waals surface area contributed by atoms with Gasteiger partial charge in [0.05, 0.1) is 6.61 Å². The summed E-state index contributed by atoms with van der Waals surface area (Å²) in [4.78, 5) is 64.5. The molecule has 2 heterocycles. The van der Waals surface area contributed by atoms with E-state index in [-0.39, 0.29) is 24.6 Å². The SMILES string of the molecule is CN=CC1=C(C)C(=O)C(OC(=O)C2OC[C@@H]([C@H]3OC(=O)C(OC(C)=O)=C3OC(C)=O)O2)CC1(C)C. The maximum absolute atomic E-state index is 12.8. The fourth-order valence-corrected chi connectivity index (χ4v) is 4.13. The lowest BCUT2D eigenvalue weighted by Crippen LogP contribution is -2.42. The van der Waals surface area contributed by atoms with Crippen molar-refractivity contribution in [1.29, 1.82) is 0 Å². The molecule has 12 heteroatoms. The standard InChI is InChI=1S/C23H27NO11/c1-10-13(8-24-6)23(4,5)7-14(16(10)27)33-21(29)22-30-9-15(34-22)17-18(31-11(2)25)19(20(28)35-17)32-12(3)26/h8,14-15,17,22H,7,9H2,1-6H3/t14?,15-,17+,22?/m0/s1. The van der Waals surface area contributed by atoms with Crippen LogP contribution in [0.3, 0.4) is 0 Å². The molecule has 0 aromatic rings. The van der Waals surface area contributed by atoms with Gasteiger partial charge in [-0.3, -0.25) is 19.4 Å². The normalized spacial score (nSPS) is 28.4. The van der Waals surface area contributed by atoms with Crippen LogP contribution in [-0.2, 0) is 52.4 Å². The van der Waals surface area contributed by atoms with E-state index in [1.807, 2.05) is 13.8 Å². The molecule has 190 valence electrons. The number of esters is 4. The van der Waals surface area contributed by atoms with E-state index in [4.69, 9.17) is 28.4 Å². The Hall–Kier alpha value is -3.38. The van der Waals surface area contributed by atoms with Crippen LogP contribution < -0.4 is 0 Å². The van der Waals surface area contributed by atoms with Crippen molar-refractivity contribution < 1.29 is 52.4 Å². The van der Waals surface area contributed by atoms with Crippen molar-refractivity contribution in [3.05, 3.63) is 22.7 Å². The summed E-state index contributed by atoms with van der Waals surface area (Å²) in [5, 5.41) is 0. The highest BCUT2D eigenvalue weighted by molar-refractivity contribution is 6.06. The highest BCUT2D eigenvalue weighted by Crippen LogP contribution is 2.39. The Morgan fingerprint density at radius 3 is 2.37 bits per heavy atom. The summed E-state index contributed by atoms with van der Waals surface area (Å²) in [6, 6.07) is 0. The lowest BCUT2D eigenvalue weighted by Gasteiger charge is -2.36. The van der Waals surface area contributed by atoms with E-state index in [1.54, 1.807) is 20.2 Å². The summed E-state index contributed by atoms with van der Waals surface area (Å²) in [6.45, 7) is 7.38. The number of aliphatic imine (C=N–C) groups is 1. The maximum atomic E-state index is 12.8. The third-order valence-corrected chi connectivity index (χ3v) is 5.65. The third kappa shape index (κ3) is 5.49. The summed E-state index contributed by atoms with van der Waals surface area (Å²) in [5.41, 5.74) is 0.738. The summed E-state index contributed by atoms with van der Waals surface area (Å²) >= 11 is 0. The van der Waals surface area contributed by atoms with Gasteiger partial charge in [-0.05, 0) is 17.9 Å². The molecule has 0 aromatic carbocycles. The number of Topliss-reactive ketones (excluding diaryl/α,β-unsaturated/α-hetero) is 1. The molecule has 1 saturated heterocycles. The zero-order valence-corrected chi connectivity index (χ0v) is 20.2. The van der Waals surface area contributed by atoms with Crippen LogP contribution in [0, 0.1) is 5.41 Å². The monoisotopic (exact) mass is 493 g/mol. The molecule has 35 heavy (non-hydrogen) atoms. The Balaban J connectivity index is 1.72. The molecule has 3 aliphatic rings. The van der Waals surface area contributed by atoms with Crippen molar-refractivity contribution in [3.8, 4) is 0 Å². The first-order valence-electron chi connectivity index (χ1n) is 10.8. The largest absolute Gasteiger partial charge is 0.450 e. The first kappa shape index (κ1) is 26.2. The Bertz CT molecular complexity index is 1050. The van der Waals surface area contributed by atoms with Gasteiger partial charge in [-0.2, -0.15) is 0 Å². The van der Waals surface area contributed by atoms with Crippen LogP contribution >= 0.6 is 0 Å². The van der Waals surface area contributed by atoms with Crippen LogP contribution in [0.15, 0.2) is 27.7 Å². The van der Waals surface area contributed by atoms with Gasteiger partial charge in [-0.1, -0.05) is 13.8 Å². The minimum atomic E-state index is -1.52. The fraction of sp³-hybridized carbons (Fsp3) is 0.565. The smallest absolute Gasteiger partial charge is 0.378 e. The molecule has 0 bridgehead atoms. The Kier molecular flexibility index (Phi) is 7.56. The molecular weight excluding hydrogens is 466 g/mol. The van der Waals surface area contributed by atoms with Gasteiger partial charge < -0.3 is 28.4 Å². The zero-order chi connectivity index (χ0) is 26.1. The molecule has 0 saturated carbocycles. The van der Waals surface area contributed by atoms with E-state index in [2.05, 4.69) is 4.99 Å². The number of hydrogen-bond donors (Lipinski definition) is 0. The van der Waals surface area contributed by atoms with Crippen molar-refractivity contribution in [2.75, 3.05) is 13.7 Å². The molecule has 1 aliphatic carbocycles. The number of allylic oxidation sites excluding steroid dienone is 1. The Morgan fingerprint density at radius 1 is 1.11 bits per heavy atom. The molecule has 0 aromatic heterocycles. The molecule has 2 unspecified atom stereocenters. The summed E-state index contributed by atoms with van der Waals surface area (Å²) in [7, 11) is 1.61. The van der Waals surface area contributed by atoms with E-state index < -0.39 is 59.7 Å². The minimum absolute atomic E-state index is 0.234. The van der Waals surface area contributed by atoms with Crippen molar-refractivity contribution >= 4 is 35.9 Å². The van der Waals surface area contributed by atoms with Crippen molar-refractivity contribution in [2.45, 2.75) is 65.6 Å². The van der Waals surface area contributed by atoms with Gasteiger partial charge in [0.15, 0.2) is 18.0 Å². The summed E-state index contributed by atoms with van der Waals surface area (Å²) in [5.74, 6) is -4.91. The third-order valence-electron chi connectivity index (χ3n) is 5.65. The molecule has 4 atom stereocenters. The molecule has 1 fully saturated rings. The van der Waals surface area contributed by atoms with Crippen LogP contribution in [0.4, 0.5) is 0 Å². The first-order chi connectivity index (χ1) is 16.4. The second kappa shape index (κ2) is 10.1. The van der Waals surface area contributed by atoms with E-state index in [9.17, 15) is 24.0 Å². The number of hydrogen-bond acceptors (Lipinski definition) is 12. The number of ether oxygens (including phenoxy) is 6. The van der Waals surface area contributed by atoms with Gasteiger partial charge >= 0.3 is 23.9 Å². The summed E-state index contributed by atoms with van der Waals surface area (Å²) in [6.07, 6.45) is -3.10. The van der Waals surface area contributed by atoms with Gasteiger partial charge in [-0.25, -0.2) is 9.59 Å². The molecular formula is C23H27NO11. The molecule has 0 N–H and O–H groups in total. The first-order valence-corrected chi connectivity index (χ1v) is 10.8. The number of carbonyl (C=O) groups excluding carboxylic acids is 5. The van der Waals surface area contributed by atoms with Gasteiger partial charge in [-0.15, -0.1) is 0 Å². The maximum Gasteiger partial charge on any atom is 0.378 e. The minimum Gasteiger partial charge on any atom is -0.450 e. The van der Waals surface area contributed by atoms with Gasteiger partial charge in [0, 0.05) is 39.1 Å². The number of cyclic esters (lactones) is 1. The number of rotatable bonds is 6. The predicted molar refractivity (Wildman–Crippen MR) is 115 cm³/mol. The van der Waals surface area contributed by atoms with E-state index in [1.165, 1.54) is 0 Å². The van der Waals surface area contributed by atoms with Gasteiger partial charge in [0.1, 0.15) is 6.10 Å². The lowest BCUT2D eigenvalue weighted by molar-refractivity contribution is -0.185. The Labute approximate surface area is 201 Å². The molecule has 3 rings (SSSR count). The second-order valence-electron chi connectivity index (χ2n) is 8.85. The van der Waals surface area contributed by atoms with Crippen LogP contribution in [-0.4, -0.2) is 74.1 Å². The number of ketones is 1. The zero-order valence-electron chi connectivity index (χ0n) is 20.2. The van der Waals surface area contributed by atoms with Crippen LogP contribution in [0.1, 0.15) is 41.0 Å². The van der Waals surface area contributed by atoms with E-state index in [0.29, 0.717) is 5.57 Å². The lowest BCUT2D eigenvalue weighted by atomic mass is 9.71. The topological polar surface area (TPSA) is 153 Å². The quantitative estimate of drug-likeness (QED) is 0.295. The average molecular weight is 493 g/mol. The highest BCUT2D eigenvalue weighted by atomic mass is 16.8. The number of nitrogens with zero attached hydrogens (tertiary/aromatic N) is 1. The van der Waals surface area contributed by atoms with Crippen molar-refractivity contribution in [2.24, 2.45) is 10.4 Å². The van der Waals surface area contributed by atoms with Crippen LogP contribution in [0.2, 0.25) is 0 Å². The summed E-state index contributed by atoms with van der Waals surface area (Å²) < 4.78 is 31.3. The van der Waals surface area contributed by atoms with E-state index >= 15 is 0 Å². The van der Waals surface area contributed by atoms with Crippen molar-refractivity contribution in [1.82, 2.24) is 0 Å². The molecule has 12 nitrogen and oxygen atoms in total.